The third-order valence-electron chi connectivity index (χ3n) is 2.23. The van der Waals surface area contributed by atoms with E-state index in [0.29, 0.717) is 12.1 Å². The van der Waals surface area contributed by atoms with Crippen LogP contribution >= 0.6 is 0 Å². The summed E-state index contributed by atoms with van der Waals surface area (Å²) in [5.74, 6) is 0.769. The summed E-state index contributed by atoms with van der Waals surface area (Å²) in [5, 5.41) is 9.89. The summed E-state index contributed by atoms with van der Waals surface area (Å²) >= 11 is 0. The van der Waals surface area contributed by atoms with Gasteiger partial charge in [0, 0.05) is 12.1 Å². The standard InChI is InChI=1S/C12H13NO2/c1-9-4-2-6-11(13-9)12(14)8-10-5-3-7-15-10/h2-7,12,14H,8H2,1H3. The maximum Gasteiger partial charge on any atom is 0.106 e. The summed E-state index contributed by atoms with van der Waals surface area (Å²) in [6.45, 7) is 1.91. The van der Waals surface area contributed by atoms with Gasteiger partial charge >= 0.3 is 0 Å². The van der Waals surface area contributed by atoms with Crippen LogP contribution in [0.15, 0.2) is 41.0 Å². The van der Waals surface area contributed by atoms with Crippen LogP contribution in [0.3, 0.4) is 0 Å². The smallest absolute Gasteiger partial charge is 0.106 e. The van der Waals surface area contributed by atoms with Crippen LogP contribution in [0.4, 0.5) is 0 Å². The van der Waals surface area contributed by atoms with Gasteiger partial charge in [-0.25, -0.2) is 0 Å². The molecule has 1 N–H and O–H groups in total. The number of aryl methyl sites for hydroxylation is 1. The molecule has 0 radical (unpaired) electrons. The molecule has 0 amide bonds. The summed E-state index contributed by atoms with van der Waals surface area (Å²) in [5.41, 5.74) is 1.59. The highest BCUT2D eigenvalue weighted by atomic mass is 16.3. The third kappa shape index (κ3) is 2.44. The average Bonchev–Trinajstić information content (AvgIpc) is 2.70. The molecule has 1 atom stereocenters. The first-order valence-corrected chi connectivity index (χ1v) is 4.90. The van der Waals surface area contributed by atoms with Gasteiger partial charge in [-0.1, -0.05) is 6.07 Å². The fourth-order valence-corrected chi connectivity index (χ4v) is 1.47. The molecule has 0 aromatic carbocycles. The van der Waals surface area contributed by atoms with E-state index in [1.54, 1.807) is 6.26 Å². The fourth-order valence-electron chi connectivity index (χ4n) is 1.47. The molecule has 2 aromatic heterocycles. The van der Waals surface area contributed by atoms with Crippen LogP contribution < -0.4 is 0 Å². The van der Waals surface area contributed by atoms with E-state index >= 15 is 0 Å². The van der Waals surface area contributed by atoms with Gasteiger partial charge in [-0.05, 0) is 31.2 Å². The lowest BCUT2D eigenvalue weighted by molar-refractivity contribution is 0.165. The van der Waals surface area contributed by atoms with Crippen molar-refractivity contribution in [1.82, 2.24) is 4.98 Å². The molecule has 0 saturated carbocycles. The highest BCUT2D eigenvalue weighted by Gasteiger charge is 2.11. The molecule has 0 aliphatic rings. The Bertz CT molecular complexity index is 423. The van der Waals surface area contributed by atoms with Crippen molar-refractivity contribution in [1.29, 1.82) is 0 Å². The first-order valence-electron chi connectivity index (χ1n) is 4.90. The van der Waals surface area contributed by atoms with E-state index < -0.39 is 6.10 Å². The van der Waals surface area contributed by atoms with Gasteiger partial charge < -0.3 is 9.52 Å². The summed E-state index contributed by atoms with van der Waals surface area (Å²) in [4.78, 5) is 4.26. The molecule has 3 nitrogen and oxygen atoms in total. The quantitative estimate of drug-likeness (QED) is 0.832. The van der Waals surface area contributed by atoms with Crippen LogP contribution in [-0.2, 0) is 6.42 Å². The van der Waals surface area contributed by atoms with Crippen molar-refractivity contribution in [2.24, 2.45) is 0 Å². The minimum atomic E-state index is -0.601. The van der Waals surface area contributed by atoms with Crippen molar-refractivity contribution in [3.05, 3.63) is 53.7 Å². The lowest BCUT2D eigenvalue weighted by Crippen LogP contribution is -2.04. The zero-order chi connectivity index (χ0) is 10.7. The van der Waals surface area contributed by atoms with Crippen molar-refractivity contribution in [2.75, 3.05) is 0 Å². The minimum Gasteiger partial charge on any atom is -0.469 e. The number of aliphatic hydroxyl groups is 1. The van der Waals surface area contributed by atoms with E-state index in [1.165, 1.54) is 0 Å². The summed E-state index contributed by atoms with van der Waals surface area (Å²) < 4.78 is 5.17. The van der Waals surface area contributed by atoms with Crippen molar-refractivity contribution in [3.63, 3.8) is 0 Å². The molecule has 0 aliphatic carbocycles. The number of aromatic nitrogens is 1. The summed E-state index contributed by atoms with van der Waals surface area (Å²) in [6.07, 6.45) is 1.46. The van der Waals surface area contributed by atoms with Gasteiger partial charge in [-0.2, -0.15) is 0 Å². The Kier molecular flexibility index (Phi) is 2.83. The number of nitrogens with zero attached hydrogens (tertiary/aromatic N) is 1. The number of pyridine rings is 1. The summed E-state index contributed by atoms with van der Waals surface area (Å²) in [7, 11) is 0. The number of furan rings is 1. The average molecular weight is 203 g/mol. The molecular weight excluding hydrogens is 190 g/mol. The van der Waals surface area contributed by atoms with Gasteiger partial charge in [0.1, 0.15) is 11.9 Å². The number of rotatable bonds is 3. The van der Waals surface area contributed by atoms with Crippen LogP contribution in [0.25, 0.3) is 0 Å². The SMILES string of the molecule is Cc1cccc(C(O)Cc2ccco2)n1. The molecule has 0 aliphatic heterocycles. The lowest BCUT2D eigenvalue weighted by atomic mass is 10.1. The predicted octanol–water partition coefficient (Wildman–Crippen LogP) is 2.26. The Morgan fingerprint density at radius 3 is 2.87 bits per heavy atom. The second kappa shape index (κ2) is 4.28. The Balaban J connectivity index is 2.11. The van der Waals surface area contributed by atoms with E-state index in [9.17, 15) is 5.11 Å². The number of hydrogen-bond acceptors (Lipinski definition) is 3. The monoisotopic (exact) mass is 203 g/mol. The molecule has 1 unspecified atom stereocenters. The zero-order valence-corrected chi connectivity index (χ0v) is 8.55. The van der Waals surface area contributed by atoms with Gasteiger partial charge in [0.25, 0.3) is 0 Å². The molecule has 0 fully saturated rings. The lowest BCUT2D eigenvalue weighted by Gasteiger charge is -2.08. The van der Waals surface area contributed by atoms with Crippen molar-refractivity contribution < 1.29 is 9.52 Å². The third-order valence-corrected chi connectivity index (χ3v) is 2.23. The Labute approximate surface area is 88.4 Å². The Morgan fingerprint density at radius 1 is 1.33 bits per heavy atom. The van der Waals surface area contributed by atoms with Gasteiger partial charge in [-0.3, -0.25) is 4.98 Å². The van der Waals surface area contributed by atoms with E-state index in [2.05, 4.69) is 4.98 Å². The van der Waals surface area contributed by atoms with Crippen LogP contribution in [0.5, 0.6) is 0 Å². The van der Waals surface area contributed by atoms with E-state index in [4.69, 9.17) is 4.42 Å². The Morgan fingerprint density at radius 2 is 2.20 bits per heavy atom. The van der Waals surface area contributed by atoms with E-state index in [1.807, 2.05) is 37.3 Å². The first kappa shape index (κ1) is 9.93. The maximum atomic E-state index is 9.89. The van der Waals surface area contributed by atoms with E-state index in [0.717, 1.165) is 11.5 Å². The van der Waals surface area contributed by atoms with Gasteiger partial charge in [0.15, 0.2) is 0 Å². The fraction of sp³-hybridized carbons (Fsp3) is 0.250. The zero-order valence-electron chi connectivity index (χ0n) is 8.55. The van der Waals surface area contributed by atoms with Crippen LogP contribution in [0.2, 0.25) is 0 Å². The van der Waals surface area contributed by atoms with Crippen LogP contribution in [-0.4, -0.2) is 10.1 Å². The van der Waals surface area contributed by atoms with Crippen LogP contribution in [0, 0.1) is 6.92 Å². The molecule has 0 saturated heterocycles. The molecule has 78 valence electrons. The van der Waals surface area contributed by atoms with Crippen molar-refractivity contribution >= 4 is 0 Å². The number of aliphatic hydroxyl groups excluding tert-OH is 1. The molecule has 3 heteroatoms. The summed E-state index contributed by atoms with van der Waals surface area (Å²) in [6, 6.07) is 9.28. The molecule has 2 aromatic rings. The van der Waals surface area contributed by atoms with Crippen LogP contribution in [0.1, 0.15) is 23.3 Å². The highest BCUT2D eigenvalue weighted by molar-refractivity contribution is 5.14. The molecule has 15 heavy (non-hydrogen) atoms. The van der Waals surface area contributed by atoms with Gasteiger partial charge in [-0.15, -0.1) is 0 Å². The Hall–Kier alpha value is -1.61. The van der Waals surface area contributed by atoms with Gasteiger partial charge in [0.05, 0.1) is 12.0 Å². The maximum absolute atomic E-state index is 9.89. The molecule has 2 heterocycles. The number of hydrogen-bond donors (Lipinski definition) is 1. The first-order chi connectivity index (χ1) is 7.25. The van der Waals surface area contributed by atoms with Crippen molar-refractivity contribution in [3.8, 4) is 0 Å². The normalized spacial score (nSPS) is 12.7. The largest absolute Gasteiger partial charge is 0.469 e. The van der Waals surface area contributed by atoms with Gasteiger partial charge in [0.2, 0.25) is 0 Å². The molecule has 2 rings (SSSR count). The van der Waals surface area contributed by atoms with Crippen molar-refractivity contribution in [2.45, 2.75) is 19.4 Å². The molecule has 0 spiro atoms. The predicted molar refractivity (Wildman–Crippen MR) is 56.3 cm³/mol. The topological polar surface area (TPSA) is 46.3 Å². The van der Waals surface area contributed by atoms with E-state index in [-0.39, 0.29) is 0 Å². The molecule has 0 bridgehead atoms. The molecular formula is C12H13NO2. The second-order valence-corrected chi connectivity index (χ2v) is 3.50. The highest BCUT2D eigenvalue weighted by Crippen LogP contribution is 2.16. The second-order valence-electron chi connectivity index (χ2n) is 3.50. The minimum absolute atomic E-state index is 0.462.